The van der Waals surface area contributed by atoms with Crippen molar-refractivity contribution in [1.29, 1.82) is 0 Å². The second kappa shape index (κ2) is 7.21. The van der Waals surface area contributed by atoms with Crippen molar-refractivity contribution in [2.75, 3.05) is 24.2 Å². The molecule has 1 aromatic carbocycles. The van der Waals surface area contributed by atoms with E-state index in [1.54, 1.807) is 12.1 Å². The van der Waals surface area contributed by atoms with Crippen LogP contribution in [0.4, 0.5) is 5.69 Å². The highest BCUT2D eigenvalue weighted by Gasteiger charge is 2.23. The van der Waals surface area contributed by atoms with Gasteiger partial charge < -0.3 is 10.1 Å². The molecule has 0 fully saturated rings. The summed E-state index contributed by atoms with van der Waals surface area (Å²) in [5.41, 5.74) is 1.00. The Morgan fingerprint density at radius 1 is 1.30 bits per heavy atom. The number of ether oxygens (including phenoxy) is 1. The summed E-state index contributed by atoms with van der Waals surface area (Å²) >= 11 is 0. The third-order valence-electron chi connectivity index (χ3n) is 3.06. The highest BCUT2D eigenvalue weighted by atomic mass is 32.2. The normalized spacial score (nSPS) is 11.9. The molecule has 7 heteroatoms. The smallest absolute Gasteiger partial charge is 0.232 e. The number of hydrogen-bond donors (Lipinski definition) is 1. The fourth-order valence-electron chi connectivity index (χ4n) is 2.14. The van der Waals surface area contributed by atoms with E-state index in [0.717, 1.165) is 11.8 Å². The molecule has 0 aromatic heterocycles. The summed E-state index contributed by atoms with van der Waals surface area (Å²) in [7, 11) is -2.05. The van der Waals surface area contributed by atoms with Gasteiger partial charge in [-0.05, 0) is 45.4 Å². The lowest BCUT2D eigenvalue weighted by Gasteiger charge is -2.26. The molecule has 23 heavy (non-hydrogen) atoms. The molecular formula is C16H26N2O4S. The van der Waals surface area contributed by atoms with Crippen LogP contribution >= 0.6 is 0 Å². The zero-order valence-corrected chi connectivity index (χ0v) is 15.5. The third kappa shape index (κ3) is 6.09. The molecule has 0 heterocycles. The minimum absolute atomic E-state index is 0.0561. The topological polar surface area (TPSA) is 75.7 Å². The molecular weight excluding hydrogens is 316 g/mol. The number of nitrogens with zero attached hydrogens (tertiary/aromatic N) is 1. The predicted octanol–water partition coefficient (Wildman–Crippen LogP) is 2.07. The molecule has 0 unspecified atom stereocenters. The van der Waals surface area contributed by atoms with E-state index in [4.69, 9.17) is 4.74 Å². The maximum Gasteiger partial charge on any atom is 0.232 e. The van der Waals surface area contributed by atoms with Gasteiger partial charge >= 0.3 is 0 Å². The number of sulfonamides is 1. The van der Waals surface area contributed by atoms with Crippen LogP contribution in [-0.4, -0.2) is 39.8 Å². The zero-order valence-electron chi connectivity index (χ0n) is 14.6. The molecule has 0 spiro atoms. The number of hydrogen-bond acceptors (Lipinski definition) is 4. The zero-order chi connectivity index (χ0) is 17.8. The van der Waals surface area contributed by atoms with Gasteiger partial charge in [0.15, 0.2) is 0 Å². The number of nitrogens with one attached hydrogen (secondary N) is 1. The first kappa shape index (κ1) is 19.3. The van der Waals surface area contributed by atoms with E-state index < -0.39 is 10.0 Å². The number of amides is 1. The van der Waals surface area contributed by atoms with Gasteiger partial charge in [0, 0.05) is 18.5 Å². The monoisotopic (exact) mass is 342 g/mol. The number of benzene rings is 1. The van der Waals surface area contributed by atoms with Gasteiger partial charge in [0.05, 0.1) is 19.1 Å². The summed E-state index contributed by atoms with van der Waals surface area (Å²) in [6.45, 7) is 7.56. The number of carbonyl (C=O) groups excluding carboxylic acids is 1. The number of aryl methyl sites for hydroxylation is 1. The molecule has 0 aliphatic heterocycles. The lowest BCUT2D eigenvalue weighted by molar-refractivity contribution is -0.122. The standard InChI is InChI=1S/C16H26N2O4S/c1-12-7-8-14(22-5)13(11-12)18(23(6,20)21)10-9-15(19)17-16(2,3)4/h7-8,11H,9-10H2,1-6H3,(H,17,19). The Bertz CT molecular complexity index is 663. The molecule has 0 atom stereocenters. The quantitative estimate of drug-likeness (QED) is 0.859. The summed E-state index contributed by atoms with van der Waals surface area (Å²) < 4.78 is 30.8. The first-order valence-corrected chi connectivity index (χ1v) is 9.22. The predicted molar refractivity (Wildman–Crippen MR) is 92.4 cm³/mol. The largest absolute Gasteiger partial charge is 0.495 e. The van der Waals surface area contributed by atoms with Crippen LogP contribution in [0, 0.1) is 6.92 Å². The summed E-state index contributed by atoms with van der Waals surface area (Å²) in [6.07, 6.45) is 1.19. The van der Waals surface area contributed by atoms with E-state index in [0.29, 0.717) is 11.4 Å². The summed E-state index contributed by atoms with van der Waals surface area (Å²) in [6, 6.07) is 5.30. The van der Waals surface area contributed by atoms with E-state index in [9.17, 15) is 13.2 Å². The second-order valence-corrected chi connectivity index (χ2v) is 8.47. The van der Waals surface area contributed by atoms with Crippen LogP contribution < -0.4 is 14.4 Å². The second-order valence-electron chi connectivity index (χ2n) is 6.56. The Labute approximate surface area is 138 Å². The van der Waals surface area contributed by atoms with Crippen molar-refractivity contribution >= 4 is 21.6 Å². The first-order chi connectivity index (χ1) is 10.4. The minimum atomic E-state index is -3.53. The molecule has 0 aliphatic rings. The lowest BCUT2D eigenvalue weighted by atomic mass is 10.1. The average molecular weight is 342 g/mol. The molecule has 0 aliphatic carbocycles. The van der Waals surface area contributed by atoms with Gasteiger partial charge in [0.2, 0.25) is 15.9 Å². The maximum atomic E-state index is 12.1. The van der Waals surface area contributed by atoms with Crippen LogP contribution in [0.2, 0.25) is 0 Å². The Morgan fingerprint density at radius 2 is 1.91 bits per heavy atom. The van der Waals surface area contributed by atoms with Crippen LogP contribution in [0.1, 0.15) is 32.8 Å². The summed E-state index contributed by atoms with van der Waals surface area (Å²) in [5, 5.41) is 2.83. The van der Waals surface area contributed by atoms with Crippen molar-refractivity contribution in [1.82, 2.24) is 5.32 Å². The van der Waals surface area contributed by atoms with Crippen LogP contribution in [0.25, 0.3) is 0 Å². The van der Waals surface area contributed by atoms with E-state index in [1.807, 2.05) is 33.8 Å². The summed E-state index contributed by atoms with van der Waals surface area (Å²) in [4.78, 5) is 12.0. The average Bonchev–Trinajstić information content (AvgIpc) is 2.35. The van der Waals surface area contributed by atoms with Crippen molar-refractivity contribution in [2.24, 2.45) is 0 Å². The van der Waals surface area contributed by atoms with Crippen LogP contribution in [0.3, 0.4) is 0 Å². The molecule has 1 N–H and O–H groups in total. The molecule has 6 nitrogen and oxygen atoms in total. The fraction of sp³-hybridized carbons (Fsp3) is 0.562. The van der Waals surface area contributed by atoms with Gasteiger partial charge in [-0.3, -0.25) is 9.10 Å². The highest BCUT2D eigenvalue weighted by Crippen LogP contribution is 2.31. The van der Waals surface area contributed by atoms with Crippen molar-refractivity contribution in [3.63, 3.8) is 0 Å². The van der Waals surface area contributed by atoms with Crippen molar-refractivity contribution in [3.05, 3.63) is 23.8 Å². The Kier molecular flexibility index (Phi) is 6.04. The molecule has 1 aromatic rings. The van der Waals surface area contributed by atoms with Gasteiger partial charge in [-0.2, -0.15) is 0 Å². The number of anilines is 1. The van der Waals surface area contributed by atoms with Gasteiger partial charge in [-0.25, -0.2) is 8.42 Å². The lowest BCUT2D eigenvalue weighted by Crippen LogP contribution is -2.42. The molecule has 0 radical (unpaired) electrons. The van der Waals surface area contributed by atoms with Gasteiger partial charge in [-0.15, -0.1) is 0 Å². The number of carbonyl (C=O) groups is 1. The van der Waals surface area contributed by atoms with Crippen molar-refractivity contribution < 1.29 is 17.9 Å². The fourth-order valence-corrected chi connectivity index (χ4v) is 3.07. The van der Waals surface area contributed by atoms with Gasteiger partial charge in [-0.1, -0.05) is 6.07 Å². The molecule has 0 bridgehead atoms. The van der Waals surface area contributed by atoms with Gasteiger partial charge in [0.1, 0.15) is 5.75 Å². The number of rotatable bonds is 6. The Balaban J connectivity index is 3.04. The van der Waals surface area contributed by atoms with E-state index in [1.165, 1.54) is 11.4 Å². The molecule has 1 amide bonds. The van der Waals surface area contributed by atoms with Crippen LogP contribution in [-0.2, 0) is 14.8 Å². The van der Waals surface area contributed by atoms with Crippen LogP contribution in [0.5, 0.6) is 5.75 Å². The maximum absolute atomic E-state index is 12.1. The number of methoxy groups -OCH3 is 1. The SMILES string of the molecule is COc1ccc(C)cc1N(CCC(=O)NC(C)(C)C)S(C)(=O)=O. The molecule has 0 saturated heterocycles. The minimum Gasteiger partial charge on any atom is -0.495 e. The van der Waals surface area contributed by atoms with E-state index in [-0.39, 0.29) is 24.4 Å². The van der Waals surface area contributed by atoms with Crippen molar-refractivity contribution in [2.45, 2.75) is 39.7 Å². The molecule has 0 saturated carbocycles. The Morgan fingerprint density at radius 3 is 2.39 bits per heavy atom. The van der Waals surface area contributed by atoms with E-state index in [2.05, 4.69) is 5.32 Å². The summed E-state index contributed by atoms with van der Waals surface area (Å²) in [5.74, 6) is 0.259. The highest BCUT2D eigenvalue weighted by molar-refractivity contribution is 7.92. The third-order valence-corrected chi connectivity index (χ3v) is 4.24. The van der Waals surface area contributed by atoms with Crippen LogP contribution in [0.15, 0.2) is 18.2 Å². The van der Waals surface area contributed by atoms with E-state index >= 15 is 0 Å². The van der Waals surface area contributed by atoms with Gasteiger partial charge in [0.25, 0.3) is 0 Å². The van der Waals surface area contributed by atoms with Crippen molar-refractivity contribution in [3.8, 4) is 5.75 Å². The molecule has 130 valence electrons. The Hall–Kier alpha value is -1.76. The molecule has 1 rings (SSSR count). The first-order valence-electron chi connectivity index (χ1n) is 7.37.